The van der Waals surface area contributed by atoms with Gasteiger partial charge in [0, 0.05) is 13.1 Å². The zero-order chi connectivity index (χ0) is 15.7. The van der Waals surface area contributed by atoms with Gasteiger partial charge < -0.3 is 15.7 Å². The van der Waals surface area contributed by atoms with Gasteiger partial charge >= 0.3 is 5.97 Å². The molecule has 2 fully saturated rings. The third kappa shape index (κ3) is 3.07. The second kappa shape index (κ2) is 5.95. The lowest BCUT2D eigenvalue weighted by molar-refractivity contribution is -0.149. The zero-order valence-corrected chi connectivity index (χ0v) is 13.2. The van der Waals surface area contributed by atoms with Crippen LogP contribution in [0.15, 0.2) is 0 Å². The van der Waals surface area contributed by atoms with Gasteiger partial charge in [-0.15, -0.1) is 0 Å². The smallest absolute Gasteiger partial charge is 0.311 e. The Morgan fingerprint density at radius 2 is 2.10 bits per heavy atom. The fourth-order valence-corrected chi connectivity index (χ4v) is 4.11. The number of rotatable bonds is 4. The number of carboxylic acid groups (broad SMARTS) is 1. The maximum absolute atomic E-state index is 12.8. The van der Waals surface area contributed by atoms with Crippen molar-refractivity contribution in [3.63, 3.8) is 0 Å². The second-order valence-electron chi connectivity index (χ2n) is 7.17. The Hall–Kier alpha value is -1.10. The van der Waals surface area contributed by atoms with E-state index in [1.165, 1.54) is 0 Å². The molecular weight excluding hydrogens is 268 g/mol. The van der Waals surface area contributed by atoms with Crippen molar-refractivity contribution in [3.8, 4) is 0 Å². The van der Waals surface area contributed by atoms with Crippen molar-refractivity contribution in [2.24, 2.45) is 17.1 Å². The third-order valence-electron chi connectivity index (χ3n) is 5.28. The van der Waals surface area contributed by atoms with Crippen LogP contribution < -0.4 is 5.73 Å². The highest BCUT2D eigenvalue weighted by molar-refractivity contribution is 5.88. The molecule has 0 spiro atoms. The number of carbonyl (C=O) groups excluding carboxylic acids is 1. The number of nitrogens with zero attached hydrogens (tertiary/aromatic N) is 1. The predicted octanol–water partition coefficient (Wildman–Crippen LogP) is 2.00. The first kappa shape index (κ1) is 16.3. The molecule has 5 nitrogen and oxygen atoms in total. The monoisotopic (exact) mass is 296 g/mol. The van der Waals surface area contributed by atoms with Crippen LogP contribution >= 0.6 is 0 Å². The number of carbonyl (C=O) groups is 2. The van der Waals surface area contributed by atoms with E-state index in [0.717, 1.165) is 32.1 Å². The molecule has 0 radical (unpaired) electrons. The van der Waals surface area contributed by atoms with Crippen LogP contribution in [-0.4, -0.2) is 40.5 Å². The van der Waals surface area contributed by atoms with Gasteiger partial charge in [0.05, 0.1) is 11.0 Å². The average Bonchev–Trinajstić information content (AvgIpc) is 2.83. The van der Waals surface area contributed by atoms with E-state index in [9.17, 15) is 14.7 Å². The van der Waals surface area contributed by atoms with E-state index in [2.05, 4.69) is 6.92 Å². The van der Waals surface area contributed by atoms with Crippen molar-refractivity contribution in [2.75, 3.05) is 13.1 Å². The molecule has 0 bridgehead atoms. The topological polar surface area (TPSA) is 83.6 Å². The fraction of sp³-hybridized carbons (Fsp3) is 0.875. The summed E-state index contributed by atoms with van der Waals surface area (Å²) < 4.78 is 0. The highest BCUT2D eigenvalue weighted by Crippen LogP contribution is 2.38. The van der Waals surface area contributed by atoms with Crippen LogP contribution in [0, 0.1) is 11.3 Å². The van der Waals surface area contributed by atoms with Crippen molar-refractivity contribution in [2.45, 2.75) is 64.3 Å². The minimum atomic E-state index is -0.779. The quantitative estimate of drug-likeness (QED) is 0.831. The number of carboxylic acids is 1. The minimum absolute atomic E-state index is 0.0340. The molecule has 2 rings (SSSR count). The minimum Gasteiger partial charge on any atom is -0.481 e. The number of hydrogen-bond acceptors (Lipinski definition) is 3. The number of nitrogens with two attached hydrogens (primary N) is 1. The normalized spacial score (nSPS) is 36.7. The highest BCUT2D eigenvalue weighted by Gasteiger charge is 2.49. The van der Waals surface area contributed by atoms with Crippen LogP contribution in [0.3, 0.4) is 0 Å². The molecule has 5 heteroatoms. The average molecular weight is 296 g/mol. The molecule has 0 aromatic rings. The van der Waals surface area contributed by atoms with Crippen molar-refractivity contribution in [1.82, 2.24) is 4.90 Å². The van der Waals surface area contributed by atoms with Crippen molar-refractivity contribution in [3.05, 3.63) is 0 Å². The first-order valence-corrected chi connectivity index (χ1v) is 8.15. The SMILES string of the molecule is CCCC1(C(=O)O)CCN(C(=O)C2(N)CCCC(C)C2)C1. The van der Waals surface area contributed by atoms with Crippen molar-refractivity contribution >= 4 is 11.9 Å². The summed E-state index contributed by atoms with van der Waals surface area (Å²) in [5.74, 6) is -0.341. The van der Waals surface area contributed by atoms with Crippen molar-refractivity contribution in [1.29, 1.82) is 0 Å². The van der Waals surface area contributed by atoms with Gasteiger partial charge in [-0.05, 0) is 31.6 Å². The van der Waals surface area contributed by atoms with E-state index in [1.807, 2.05) is 6.92 Å². The lowest BCUT2D eigenvalue weighted by atomic mass is 9.76. The highest BCUT2D eigenvalue weighted by atomic mass is 16.4. The van der Waals surface area contributed by atoms with Crippen LogP contribution in [0.25, 0.3) is 0 Å². The molecule has 3 N–H and O–H groups in total. The molecule has 0 aromatic carbocycles. The fourth-order valence-electron chi connectivity index (χ4n) is 4.11. The summed E-state index contributed by atoms with van der Waals surface area (Å²) in [5, 5.41) is 9.54. The summed E-state index contributed by atoms with van der Waals surface area (Å²) in [7, 11) is 0. The predicted molar refractivity (Wildman–Crippen MR) is 80.7 cm³/mol. The maximum Gasteiger partial charge on any atom is 0.311 e. The van der Waals surface area contributed by atoms with Gasteiger partial charge in [0.15, 0.2) is 0 Å². The van der Waals surface area contributed by atoms with Crippen LogP contribution in [0.5, 0.6) is 0 Å². The van der Waals surface area contributed by atoms with Crippen LogP contribution in [0.1, 0.15) is 58.8 Å². The van der Waals surface area contributed by atoms with Gasteiger partial charge in [-0.25, -0.2) is 0 Å². The molecular formula is C16H28N2O3. The molecule has 3 unspecified atom stereocenters. The largest absolute Gasteiger partial charge is 0.481 e. The molecule has 1 aliphatic heterocycles. The molecule has 3 atom stereocenters. The lowest BCUT2D eigenvalue weighted by Crippen LogP contribution is -2.57. The van der Waals surface area contributed by atoms with Gasteiger partial charge in [0.25, 0.3) is 0 Å². The number of amides is 1. The molecule has 1 aliphatic carbocycles. The zero-order valence-electron chi connectivity index (χ0n) is 13.2. The van der Waals surface area contributed by atoms with E-state index in [0.29, 0.717) is 31.8 Å². The second-order valence-corrected chi connectivity index (χ2v) is 7.17. The van der Waals surface area contributed by atoms with Gasteiger partial charge in [0.2, 0.25) is 5.91 Å². The molecule has 1 saturated carbocycles. The molecule has 1 amide bonds. The summed E-state index contributed by atoms with van der Waals surface area (Å²) in [6, 6.07) is 0. The maximum atomic E-state index is 12.8. The Bertz CT molecular complexity index is 426. The Morgan fingerprint density at radius 1 is 1.38 bits per heavy atom. The summed E-state index contributed by atoms with van der Waals surface area (Å²) >= 11 is 0. The summed E-state index contributed by atoms with van der Waals surface area (Å²) in [4.78, 5) is 26.1. The molecule has 21 heavy (non-hydrogen) atoms. The Labute approximate surface area is 126 Å². The van der Waals surface area contributed by atoms with E-state index >= 15 is 0 Å². The van der Waals surface area contributed by atoms with Crippen LogP contribution in [0.2, 0.25) is 0 Å². The molecule has 1 heterocycles. The van der Waals surface area contributed by atoms with E-state index in [4.69, 9.17) is 5.73 Å². The van der Waals surface area contributed by atoms with Crippen LogP contribution in [-0.2, 0) is 9.59 Å². The molecule has 0 aromatic heterocycles. The van der Waals surface area contributed by atoms with Crippen molar-refractivity contribution < 1.29 is 14.7 Å². The number of aliphatic carboxylic acids is 1. The van der Waals surface area contributed by atoms with Gasteiger partial charge in [-0.1, -0.05) is 33.1 Å². The van der Waals surface area contributed by atoms with E-state index in [-0.39, 0.29) is 5.91 Å². The third-order valence-corrected chi connectivity index (χ3v) is 5.28. The van der Waals surface area contributed by atoms with E-state index < -0.39 is 16.9 Å². The standard InChI is InChI=1S/C16H28N2O3/c1-3-6-15(14(20)21)8-9-18(11-15)13(19)16(17)7-4-5-12(2)10-16/h12H,3-11,17H2,1-2H3,(H,20,21). The first-order chi connectivity index (χ1) is 9.83. The molecule has 120 valence electrons. The number of hydrogen-bond donors (Lipinski definition) is 2. The lowest BCUT2D eigenvalue weighted by Gasteiger charge is -2.38. The summed E-state index contributed by atoms with van der Waals surface area (Å²) in [6.07, 6.45) is 5.54. The van der Waals surface area contributed by atoms with Gasteiger partial charge in [-0.2, -0.15) is 0 Å². The van der Waals surface area contributed by atoms with Gasteiger partial charge in [-0.3, -0.25) is 9.59 Å². The summed E-state index contributed by atoms with van der Waals surface area (Å²) in [5.41, 5.74) is 4.83. The Morgan fingerprint density at radius 3 is 2.67 bits per heavy atom. The molecule has 1 saturated heterocycles. The number of likely N-dealkylation sites (tertiary alicyclic amines) is 1. The van der Waals surface area contributed by atoms with Gasteiger partial charge in [0.1, 0.15) is 0 Å². The Balaban J connectivity index is 2.09. The van der Waals surface area contributed by atoms with Crippen LogP contribution in [0.4, 0.5) is 0 Å². The Kier molecular flexibility index (Phi) is 4.61. The molecule has 2 aliphatic rings. The van der Waals surface area contributed by atoms with E-state index in [1.54, 1.807) is 4.90 Å². The first-order valence-electron chi connectivity index (χ1n) is 8.15. The summed E-state index contributed by atoms with van der Waals surface area (Å²) in [6.45, 7) is 4.97.